The summed E-state index contributed by atoms with van der Waals surface area (Å²) in [5, 5.41) is 5.44. The van der Waals surface area contributed by atoms with Crippen molar-refractivity contribution < 1.29 is 4.42 Å². The van der Waals surface area contributed by atoms with E-state index in [1.807, 2.05) is 0 Å². The molecule has 0 saturated heterocycles. The van der Waals surface area contributed by atoms with Crippen molar-refractivity contribution in [3.63, 3.8) is 0 Å². The fraction of sp³-hybridized carbons (Fsp3) is 0.417. The summed E-state index contributed by atoms with van der Waals surface area (Å²) >= 11 is 5.10. The van der Waals surface area contributed by atoms with Crippen LogP contribution < -0.4 is 5.32 Å². The molecule has 0 unspecified atom stereocenters. The summed E-state index contributed by atoms with van der Waals surface area (Å²) in [4.78, 5) is 4.26. The van der Waals surface area contributed by atoms with Crippen molar-refractivity contribution in [3.8, 4) is 11.3 Å². The van der Waals surface area contributed by atoms with Crippen molar-refractivity contribution in [1.82, 2.24) is 10.3 Å². The summed E-state index contributed by atoms with van der Waals surface area (Å²) in [6.07, 6.45) is 1.51. The maximum Gasteiger partial charge on any atom is 0.181 e. The minimum absolute atomic E-state index is 0.639. The second-order valence-corrected chi connectivity index (χ2v) is 6.58. The first-order valence-electron chi connectivity index (χ1n) is 5.54. The number of thiophene rings is 1. The molecule has 3 nitrogen and oxygen atoms in total. The molecule has 2 aromatic heterocycles. The number of hydrogen-bond donors (Lipinski definition) is 1. The van der Waals surface area contributed by atoms with Gasteiger partial charge in [0.1, 0.15) is 5.69 Å². The Morgan fingerprint density at radius 3 is 3.00 bits per heavy atom. The monoisotopic (exact) mass is 314 g/mol. The lowest BCUT2D eigenvalue weighted by Crippen LogP contribution is -2.19. The maximum absolute atomic E-state index is 5.46. The Balaban J connectivity index is 2.07. The van der Waals surface area contributed by atoms with E-state index in [0.717, 1.165) is 33.9 Å². The second kappa shape index (κ2) is 5.80. The van der Waals surface area contributed by atoms with E-state index in [-0.39, 0.29) is 0 Å². The number of hydrogen-bond acceptors (Lipinski definition) is 4. The lowest BCUT2D eigenvalue weighted by molar-refractivity contribution is 0.545. The van der Waals surface area contributed by atoms with Gasteiger partial charge in [0.25, 0.3) is 0 Å². The average Bonchev–Trinajstić information content (AvgIpc) is 2.86. The SMILES string of the molecule is CC(C)CNCc1ncoc1-c1csc(Br)c1. The van der Waals surface area contributed by atoms with Crippen molar-refractivity contribution in [2.45, 2.75) is 20.4 Å². The van der Waals surface area contributed by atoms with Crippen molar-refractivity contribution >= 4 is 27.3 Å². The zero-order valence-electron chi connectivity index (χ0n) is 9.87. The van der Waals surface area contributed by atoms with Crippen LogP contribution in [-0.2, 0) is 6.54 Å². The number of rotatable bonds is 5. The van der Waals surface area contributed by atoms with Crippen LogP contribution in [-0.4, -0.2) is 11.5 Å². The summed E-state index contributed by atoms with van der Waals surface area (Å²) in [6.45, 7) is 6.11. The molecule has 1 N–H and O–H groups in total. The zero-order valence-corrected chi connectivity index (χ0v) is 12.3. The standard InChI is InChI=1S/C12H15BrN2OS/c1-8(2)4-14-5-10-12(16-7-15-10)9-3-11(13)17-6-9/h3,6-8,14H,4-5H2,1-2H3. The minimum atomic E-state index is 0.639. The van der Waals surface area contributed by atoms with E-state index >= 15 is 0 Å². The van der Waals surface area contributed by atoms with Crippen LogP contribution in [0.5, 0.6) is 0 Å². The predicted octanol–water partition coefficient (Wildman–Crippen LogP) is 3.91. The van der Waals surface area contributed by atoms with Crippen molar-refractivity contribution in [3.05, 3.63) is 27.3 Å². The molecule has 0 saturated carbocycles. The van der Waals surface area contributed by atoms with Gasteiger partial charge >= 0.3 is 0 Å². The molecule has 0 radical (unpaired) electrons. The first kappa shape index (κ1) is 12.8. The van der Waals surface area contributed by atoms with Gasteiger partial charge in [0, 0.05) is 17.5 Å². The molecule has 0 aliphatic heterocycles. The van der Waals surface area contributed by atoms with Gasteiger partial charge in [-0.1, -0.05) is 13.8 Å². The fourth-order valence-corrected chi connectivity index (χ4v) is 2.67. The largest absolute Gasteiger partial charge is 0.443 e. The van der Waals surface area contributed by atoms with Crippen molar-refractivity contribution in [2.75, 3.05) is 6.54 Å². The summed E-state index contributed by atoms with van der Waals surface area (Å²) in [7, 11) is 0. The number of nitrogens with one attached hydrogen (secondary N) is 1. The van der Waals surface area contributed by atoms with Gasteiger partial charge in [0.15, 0.2) is 12.2 Å². The molecular formula is C12H15BrN2OS. The molecule has 2 aromatic rings. The topological polar surface area (TPSA) is 38.1 Å². The molecular weight excluding hydrogens is 300 g/mol. The molecule has 17 heavy (non-hydrogen) atoms. The van der Waals surface area contributed by atoms with Crippen LogP contribution in [0.15, 0.2) is 26.0 Å². The zero-order chi connectivity index (χ0) is 12.3. The highest BCUT2D eigenvalue weighted by molar-refractivity contribution is 9.11. The Kier molecular flexibility index (Phi) is 4.36. The molecule has 92 valence electrons. The molecule has 0 bridgehead atoms. The third-order valence-electron chi connectivity index (χ3n) is 2.32. The predicted molar refractivity (Wildman–Crippen MR) is 74.1 cm³/mol. The van der Waals surface area contributed by atoms with E-state index in [1.54, 1.807) is 11.3 Å². The Morgan fingerprint density at radius 2 is 2.35 bits per heavy atom. The average molecular weight is 315 g/mol. The van der Waals surface area contributed by atoms with E-state index in [2.05, 4.69) is 51.5 Å². The van der Waals surface area contributed by atoms with Crippen molar-refractivity contribution in [1.29, 1.82) is 0 Å². The highest BCUT2D eigenvalue weighted by Crippen LogP contribution is 2.30. The quantitative estimate of drug-likeness (QED) is 0.909. The van der Waals surface area contributed by atoms with Gasteiger partial charge in [0.05, 0.1) is 3.79 Å². The van der Waals surface area contributed by atoms with Crippen LogP contribution in [0, 0.1) is 5.92 Å². The van der Waals surface area contributed by atoms with Gasteiger partial charge < -0.3 is 9.73 Å². The first-order valence-corrected chi connectivity index (χ1v) is 7.21. The molecule has 0 fully saturated rings. The highest BCUT2D eigenvalue weighted by atomic mass is 79.9. The lowest BCUT2D eigenvalue weighted by Gasteiger charge is -2.05. The van der Waals surface area contributed by atoms with Crippen molar-refractivity contribution in [2.24, 2.45) is 5.92 Å². The van der Waals surface area contributed by atoms with Crippen LogP contribution in [0.1, 0.15) is 19.5 Å². The Bertz CT molecular complexity index is 478. The molecule has 0 spiro atoms. The van der Waals surface area contributed by atoms with Gasteiger partial charge in [-0.2, -0.15) is 0 Å². The molecule has 5 heteroatoms. The third-order valence-corrected chi connectivity index (χ3v) is 3.82. The fourth-order valence-electron chi connectivity index (χ4n) is 1.54. The molecule has 0 aromatic carbocycles. The molecule has 2 heterocycles. The second-order valence-electron chi connectivity index (χ2n) is 4.29. The number of oxazole rings is 1. The normalized spacial score (nSPS) is 11.3. The van der Waals surface area contributed by atoms with E-state index in [9.17, 15) is 0 Å². The Labute approximate surface area is 113 Å². The molecule has 0 aliphatic carbocycles. The lowest BCUT2D eigenvalue weighted by atomic mass is 10.2. The molecule has 2 rings (SSSR count). The van der Waals surface area contributed by atoms with E-state index < -0.39 is 0 Å². The summed E-state index contributed by atoms with van der Waals surface area (Å²) in [6, 6.07) is 2.05. The van der Waals surface area contributed by atoms with E-state index in [0.29, 0.717) is 5.92 Å². The summed E-state index contributed by atoms with van der Waals surface area (Å²) < 4.78 is 6.56. The molecule has 0 amide bonds. The Hall–Kier alpha value is -0.650. The maximum atomic E-state index is 5.46. The number of halogens is 1. The van der Waals surface area contributed by atoms with Gasteiger partial charge in [-0.15, -0.1) is 11.3 Å². The van der Waals surface area contributed by atoms with E-state index in [1.165, 1.54) is 6.39 Å². The van der Waals surface area contributed by atoms with Gasteiger partial charge in [-0.05, 0) is 34.5 Å². The van der Waals surface area contributed by atoms with Crippen LogP contribution in [0.25, 0.3) is 11.3 Å². The number of aromatic nitrogens is 1. The molecule has 0 atom stereocenters. The molecule has 0 aliphatic rings. The van der Waals surface area contributed by atoms with Crippen LogP contribution in [0.2, 0.25) is 0 Å². The summed E-state index contributed by atoms with van der Waals surface area (Å²) in [5.41, 5.74) is 2.05. The Morgan fingerprint density at radius 1 is 1.53 bits per heavy atom. The van der Waals surface area contributed by atoms with Crippen LogP contribution >= 0.6 is 27.3 Å². The van der Waals surface area contributed by atoms with Gasteiger partial charge in [0.2, 0.25) is 0 Å². The van der Waals surface area contributed by atoms with Crippen LogP contribution in [0.4, 0.5) is 0 Å². The third kappa shape index (κ3) is 3.40. The highest BCUT2D eigenvalue weighted by Gasteiger charge is 2.12. The van der Waals surface area contributed by atoms with Gasteiger partial charge in [-0.3, -0.25) is 0 Å². The smallest absolute Gasteiger partial charge is 0.181 e. The van der Waals surface area contributed by atoms with Crippen LogP contribution in [0.3, 0.4) is 0 Å². The number of nitrogens with zero attached hydrogens (tertiary/aromatic N) is 1. The van der Waals surface area contributed by atoms with E-state index in [4.69, 9.17) is 4.42 Å². The first-order chi connectivity index (χ1) is 8.16. The minimum Gasteiger partial charge on any atom is -0.443 e. The van der Waals surface area contributed by atoms with Gasteiger partial charge in [-0.25, -0.2) is 4.98 Å². The summed E-state index contributed by atoms with van der Waals surface area (Å²) in [5.74, 6) is 1.50.